The Morgan fingerprint density at radius 2 is 1.82 bits per heavy atom. The Labute approximate surface area is 111 Å². The molecule has 84 valence electrons. The van der Waals surface area contributed by atoms with Crippen LogP contribution in [0.5, 0.6) is 0 Å². The number of fused-ring (bicyclic) bond motifs is 1. The molecule has 0 N–H and O–H groups in total. The number of nitrogens with zero attached hydrogens (tertiary/aromatic N) is 2. The van der Waals surface area contributed by atoms with Crippen LogP contribution in [0.3, 0.4) is 0 Å². The molecule has 1 aromatic heterocycles. The number of hydrogen-bond acceptors (Lipinski definition) is 1. The smallest absolute Gasteiger partial charge is 0.123 e. The molecule has 0 unspecified atom stereocenters. The summed E-state index contributed by atoms with van der Waals surface area (Å²) in [5.74, 6) is -0.229. The summed E-state index contributed by atoms with van der Waals surface area (Å²) in [6.45, 7) is 0. The third-order valence-electron chi connectivity index (χ3n) is 2.61. The molecule has 0 saturated heterocycles. The van der Waals surface area contributed by atoms with Crippen molar-refractivity contribution in [2.75, 3.05) is 0 Å². The van der Waals surface area contributed by atoms with Crippen LogP contribution < -0.4 is 0 Å². The molecule has 0 aliphatic heterocycles. The molecule has 0 amide bonds. The van der Waals surface area contributed by atoms with Gasteiger partial charge in [-0.1, -0.05) is 0 Å². The predicted molar refractivity (Wildman–Crippen MR) is 73.7 cm³/mol. The topological polar surface area (TPSA) is 17.8 Å². The fourth-order valence-corrected chi connectivity index (χ4v) is 2.26. The minimum atomic E-state index is -0.229. The maximum absolute atomic E-state index is 12.9. The summed E-state index contributed by atoms with van der Waals surface area (Å²) < 4.78 is 16.0. The molecule has 0 spiro atoms. The van der Waals surface area contributed by atoms with Crippen molar-refractivity contribution in [2.24, 2.45) is 0 Å². The lowest BCUT2D eigenvalue weighted by molar-refractivity contribution is 0.627. The second-order valence-corrected chi connectivity index (χ2v) is 4.97. The third-order valence-corrected chi connectivity index (χ3v) is 3.29. The number of halogens is 2. The van der Waals surface area contributed by atoms with E-state index in [9.17, 15) is 4.39 Å². The van der Waals surface area contributed by atoms with Crippen molar-refractivity contribution in [3.63, 3.8) is 0 Å². The molecular weight excluding hydrogens is 330 g/mol. The monoisotopic (exact) mass is 338 g/mol. The summed E-state index contributed by atoms with van der Waals surface area (Å²) in [7, 11) is 0. The molecule has 0 fully saturated rings. The average Bonchev–Trinajstić information content (AvgIpc) is 2.73. The summed E-state index contributed by atoms with van der Waals surface area (Å²) in [6, 6.07) is 12.5. The van der Waals surface area contributed by atoms with Gasteiger partial charge in [-0.05, 0) is 65.1 Å². The SMILES string of the molecule is Fc1ccc(-n2cnc3ccc(I)cc32)cc1. The van der Waals surface area contributed by atoms with Crippen molar-refractivity contribution in [2.45, 2.75) is 0 Å². The fourth-order valence-electron chi connectivity index (χ4n) is 1.79. The first-order valence-electron chi connectivity index (χ1n) is 5.12. The number of imidazole rings is 1. The predicted octanol–water partition coefficient (Wildman–Crippen LogP) is 3.77. The Morgan fingerprint density at radius 3 is 2.59 bits per heavy atom. The third kappa shape index (κ3) is 1.93. The Bertz CT molecular complexity index is 673. The summed E-state index contributed by atoms with van der Waals surface area (Å²) in [4.78, 5) is 4.32. The first-order chi connectivity index (χ1) is 8.24. The van der Waals surface area contributed by atoms with Crippen LogP contribution in [0.4, 0.5) is 4.39 Å². The molecule has 2 nitrogen and oxygen atoms in total. The van der Waals surface area contributed by atoms with Gasteiger partial charge < -0.3 is 0 Å². The summed E-state index contributed by atoms with van der Waals surface area (Å²) in [5.41, 5.74) is 2.88. The van der Waals surface area contributed by atoms with E-state index in [1.807, 2.05) is 16.7 Å². The highest BCUT2D eigenvalue weighted by Crippen LogP contribution is 2.20. The van der Waals surface area contributed by atoms with E-state index >= 15 is 0 Å². The van der Waals surface area contributed by atoms with Crippen LogP contribution in [0.2, 0.25) is 0 Å². The zero-order chi connectivity index (χ0) is 11.8. The molecule has 0 aliphatic rings. The van der Waals surface area contributed by atoms with Gasteiger partial charge in [-0.25, -0.2) is 9.37 Å². The quantitative estimate of drug-likeness (QED) is 0.618. The Kier molecular flexibility index (Phi) is 2.58. The standard InChI is InChI=1S/C13H8FIN2/c14-9-1-4-11(5-2-9)17-8-16-12-6-3-10(15)7-13(12)17/h1-8H. The maximum Gasteiger partial charge on any atom is 0.123 e. The van der Waals surface area contributed by atoms with Gasteiger partial charge in [0.15, 0.2) is 0 Å². The van der Waals surface area contributed by atoms with Gasteiger partial charge >= 0.3 is 0 Å². The lowest BCUT2D eigenvalue weighted by atomic mass is 10.3. The molecule has 4 heteroatoms. The van der Waals surface area contributed by atoms with Crippen molar-refractivity contribution >= 4 is 33.6 Å². The molecule has 2 aromatic carbocycles. The van der Waals surface area contributed by atoms with Crippen LogP contribution in [0.15, 0.2) is 48.8 Å². The Balaban J connectivity index is 2.23. The van der Waals surface area contributed by atoms with E-state index in [1.165, 1.54) is 12.1 Å². The molecule has 0 bridgehead atoms. The van der Waals surface area contributed by atoms with Crippen molar-refractivity contribution in [1.82, 2.24) is 9.55 Å². The highest BCUT2D eigenvalue weighted by molar-refractivity contribution is 14.1. The summed E-state index contributed by atoms with van der Waals surface area (Å²) in [6.07, 6.45) is 1.76. The van der Waals surface area contributed by atoms with E-state index in [2.05, 4.69) is 33.6 Å². The second kappa shape index (κ2) is 4.10. The minimum absolute atomic E-state index is 0.229. The van der Waals surface area contributed by atoms with E-state index in [0.717, 1.165) is 20.3 Å². The lowest BCUT2D eigenvalue weighted by Gasteiger charge is -2.04. The fraction of sp³-hybridized carbons (Fsp3) is 0. The van der Waals surface area contributed by atoms with Gasteiger partial charge in [0.05, 0.1) is 11.0 Å². The Hall–Kier alpha value is -1.43. The van der Waals surface area contributed by atoms with E-state index < -0.39 is 0 Å². The number of rotatable bonds is 1. The zero-order valence-corrected chi connectivity index (χ0v) is 10.9. The lowest BCUT2D eigenvalue weighted by Crippen LogP contribution is -1.91. The van der Waals surface area contributed by atoms with Crippen LogP contribution >= 0.6 is 22.6 Å². The first kappa shape index (κ1) is 10.7. The molecular formula is C13H8FIN2. The van der Waals surface area contributed by atoms with Crippen molar-refractivity contribution in [3.05, 3.63) is 58.2 Å². The van der Waals surface area contributed by atoms with Gasteiger partial charge in [0, 0.05) is 9.26 Å². The zero-order valence-electron chi connectivity index (χ0n) is 8.77. The molecule has 0 radical (unpaired) electrons. The van der Waals surface area contributed by atoms with Crippen LogP contribution in [0.25, 0.3) is 16.7 Å². The maximum atomic E-state index is 12.9. The van der Waals surface area contributed by atoms with E-state index in [1.54, 1.807) is 18.5 Å². The van der Waals surface area contributed by atoms with E-state index in [-0.39, 0.29) is 5.82 Å². The molecule has 1 heterocycles. The van der Waals surface area contributed by atoms with Crippen molar-refractivity contribution in [1.29, 1.82) is 0 Å². The number of aromatic nitrogens is 2. The molecule has 0 atom stereocenters. The largest absolute Gasteiger partial charge is 0.299 e. The average molecular weight is 338 g/mol. The van der Waals surface area contributed by atoms with Crippen LogP contribution in [0, 0.1) is 9.39 Å². The van der Waals surface area contributed by atoms with Gasteiger partial charge in [0.2, 0.25) is 0 Å². The molecule has 0 saturated carbocycles. The Morgan fingerprint density at radius 1 is 1.06 bits per heavy atom. The van der Waals surface area contributed by atoms with E-state index in [0.29, 0.717) is 0 Å². The van der Waals surface area contributed by atoms with Crippen LogP contribution in [-0.2, 0) is 0 Å². The number of benzene rings is 2. The molecule has 3 aromatic rings. The van der Waals surface area contributed by atoms with Crippen LogP contribution in [-0.4, -0.2) is 9.55 Å². The van der Waals surface area contributed by atoms with Crippen LogP contribution in [0.1, 0.15) is 0 Å². The summed E-state index contributed by atoms with van der Waals surface area (Å²) in [5, 5.41) is 0. The first-order valence-corrected chi connectivity index (χ1v) is 6.20. The van der Waals surface area contributed by atoms with Gasteiger partial charge in [-0.3, -0.25) is 4.57 Å². The van der Waals surface area contributed by atoms with Gasteiger partial charge in [-0.15, -0.1) is 0 Å². The molecule has 17 heavy (non-hydrogen) atoms. The molecule has 0 aliphatic carbocycles. The number of hydrogen-bond donors (Lipinski definition) is 0. The molecule has 3 rings (SSSR count). The van der Waals surface area contributed by atoms with Gasteiger partial charge in [0.25, 0.3) is 0 Å². The normalized spacial score (nSPS) is 10.9. The van der Waals surface area contributed by atoms with Gasteiger partial charge in [-0.2, -0.15) is 0 Å². The van der Waals surface area contributed by atoms with Gasteiger partial charge in [0.1, 0.15) is 12.1 Å². The highest BCUT2D eigenvalue weighted by Gasteiger charge is 2.04. The summed E-state index contributed by atoms with van der Waals surface area (Å²) >= 11 is 2.27. The second-order valence-electron chi connectivity index (χ2n) is 3.72. The minimum Gasteiger partial charge on any atom is -0.299 e. The van der Waals surface area contributed by atoms with Crippen molar-refractivity contribution < 1.29 is 4.39 Å². The van der Waals surface area contributed by atoms with Crippen molar-refractivity contribution in [3.8, 4) is 5.69 Å². The van der Waals surface area contributed by atoms with E-state index in [4.69, 9.17) is 0 Å². The highest BCUT2D eigenvalue weighted by atomic mass is 127.